The van der Waals surface area contributed by atoms with Crippen LogP contribution in [0.3, 0.4) is 0 Å². The van der Waals surface area contributed by atoms with E-state index in [2.05, 4.69) is 0 Å². The van der Waals surface area contributed by atoms with E-state index in [9.17, 15) is 74.8 Å². The number of methoxy groups -OCH3 is 2. The lowest BCUT2D eigenvalue weighted by molar-refractivity contribution is -0.438. The van der Waals surface area contributed by atoms with E-state index < -0.39 is 92.7 Å². The Balaban J connectivity index is 1.51. The second kappa shape index (κ2) is 26.7. The van der Waals surface area contributed by atoms with Crippen LogP contribution in [0.25, 0.3) is 21.5 Å². The first-order valence-corrected chi connectivity index (χ1v) is 32.5. The van der Waals surface area contributed by atoms with Crippen LogP contribution in [0, 0.1) is 0 Å². The van der Waals surface area contributed by atoms with Gasteiger partial charge in [-0.1, -0.05) is 24.3 Å². The number of allylic oxidation sites excluding steroid dienone is 6. The number of anilines is 1. The van der Waals surface area contributed by atoms with E-state index in [1.807, 2.05) is 4.90 Å². The molecule has 2 heterocycles. The number of carboxylic acid groups (broad SMARTS) is 1. The van der Waals surface area contributed by atoms with E-state index in [1.54, 1.807) is 62.0 Å². The number of unbranched alkanes of at least 4 members (excludes halogenated alkanes) is 2. The number of carboxylic acids is 1. The van der Waals surface area contributed by atoms with Crippen LogP contribution < -0.4 is 4.90 Å². The van der Waals surface area contributed by atoms with Crippen LogP contribution in [-0.4, -0.2) is 172 Å². The van der Waals surface area contributed by atoms with Gasteiger partial charge >= 0.3 is 5.97 Å². The highest BCUT2D eigenvalue weighted by atomic mass is 32.2. The molecule has 4 aromatic carbocycles. The van der Waals surface area contributed by atoms with E-state index in [0.717, 1.165) is 12.1 Å². The molecule has 81 heavy (non-hydrogen) atoms. The van der Waals surface area contributed by atoms with Crippen LogP contribution in [0.5, 0.6) is 0 Å². The first kappa shape index (κ1) is 65.1. The maximum atomic E-state index is 12.7. The van der Waals surface area contributed by atoms with Gasteiger partial charge in [0.15, 0.2) is 5.71 Å². The summed E-state index contributed by atoms with van der Waals surface area (Å²) in [6, 6.07) is 8.65. The Hall–Kier alpha value is -5.09. The summed E-state index contributed by atoms with van der Waals surface area (Å²) in [6.07, 6.45) is 8.83. The maximum Gasteiger partial charge on any atom is 0.303 e. The highest BCUT2D eigenvalue weighted by Crippen LogP contribution is 2.54. The van der Waals surface area contributed by atoms with Crippen molar-refractivity contribution in [1.29, 1.82) is 0 Å². The first-order chi connectivity index (χ1) is 37.9. The van der Waals surface area contributed by atoms with Crippen molar-refractivity contribution in [1.82, 2.24) is 0 Å². The Morgan fingerprint density at radius 1 is 0.593 bits per heavy atom. The topological polar surface area (TPSA) is 376 Å². The fourth-order valence-corrected chi connectivity index (χ4v) is 13.6. The Kier molecular flexibility index (Phi) is 21.4. The zero-order valence-electron chi connectivity index (χ0n) is 44.7. The molecular weight excluding hydrogens is 1160 g/mol. The summed E-state index contributed by atoms with van der Waals surface area (Å²) in [5.41, 5.74) is -0.331. The number of fused-ring (bicyclic) bond motifs is 6. The fraction of sp³-hybridized carbons (Fsp3) is 0.462. The number of benzene rings is 4. The molecule has 24 nitrogen and oxygen atoms in total. The third-order valence-corrected chi connectivity index (χ3v) is 18.3. The van der Waals surface area contributed by atoms with Gasteiger partial charge in [0.05, 0.1) is 81.4 Å². The van der Waals surface area contributed by atoms with E-state index >= 15 is 0 Å². The number of carbonyl (C=O) groups is 1. The summed E-state index contributed by atoms with van der Waals surface area (Å²) in [5, 5.41) is 8.79. The molecule has 0 bridgehead atoms. The van der Waals surface area contributed by atoms with Gasteiger partial charge in [-0.05, 0) is 110 Å². The predicted octanol–water partition coefficient (Wildman–Crippen LogP) is 4.44. The molecule has 29 heteroatoms. The fourth-order valence-electron chi connectivity index (χ4n) is 10.5. The number of hydrogen-bond donors (Lipinski definition) is 1. The third kappa shape index (κ3) is 15.8. The number of aliphatic carboxylic acids is 1. The molecule has 2 aliphatic rings. The molecule has 0 saturated heterocycles. The number of rotatable bonds is 32. The van der Waals surface area contributed by atoms with Crippen molar-refractivity contribution in [3.8, 4) is 0 Å². The molecular formula is C52H62N2O22S5-4. The lowest BCUT2D eigenvalue weighted by Gasteiger charge is -2.31. The summed E-state index contributed by atoms with van der Waals surface area (Å²) >= 11 is 0. The molecule has 2 aliphatic heterocycles. The molecule has 2 unspecified atom stereocenters. The highest BCUT2D eigenvalue weighted by Gasteiger charge is 2.49. The van der Waals surface area contributed by atoms with Crippen LogP contribution in [-0.2, 0) is 89.9 Å². The Morgan fingerprint density at radius 3 is 1.67 bits per heavy atom. The van der Waals surface area contributed by atoms with E-state index in [0.29, 0.717) is 73.1 Å². The van der Waals surface area contributed by atoms with Gasteiger partial charge in [0.2, 0.25) is 5.69 Å². The van der Waals surface area contributed by atoms with Crippen LogP contribution in [0.2, 0.25) is 0 Å². The third-order valence-electron chi connectivity index (χ3n) is 14.1. The lowest BCUT2D eigenvalue weighted by atomic mass is 9.74. The number of ether oxygens (including phenoxy) is 5. The molecule has 0 radical (unpaired) electrons. The van der Waals surface area contributed by atoms with Crippen molar-refractivity contribution < 1.29 is 103 Å². The summed E-state index contributed by atoms with van der Waals surface area (Å²) in [5.74, 6) is -1.86. The Bertz CT molecular complexity index is 3730. The average molecular weight is 1230 g/mol. The normalized spacial score (nSPS) is 18.6. The molecule has 6 rings (SSSR count). The average Bonchev–Trinajstić information content (AvgIpc) is 3.86. The summed E-state index contributed by atoms with van der Waals surface area (Å²) in [6.45, 7) is 5.63. The zero-order valence-corrected chi connectivity index (χ0v) is 48.8. The summed E-state index contributed by atoms with van der Waals surface area (Å²) in [4.78, 5) is 9.32. The molecule has 0 aliphatic carbocycles. The molecule has 0 spiro atoms. The minimum Gasteiger partial charge on any atom is -0.748 e. The molecule has 0 amide bonds. The van der Waals surface area contributed by atoms with Crippen molar-refractivity contribution in [2.75, 3.05) is 90.8 Å². The first-order valence-electron chi connectivity index (χ1n) is 25.3. The molecule has 446 valence electrons. The smallest absolute Gasteiger partial charge is 0.303 e. The molecule has 0 aromatic heterocycles. The van der Waals surface area contributed by atoms with E-state index in [-0.39, 0.29) is 105 Å². The molecule has 1 N–H and O–H groups in total. The summed E-state index contributed by atoms with van der Waals surface area (Å²) < 4.78 is 217. The number of nitrogens with zero attached hydrogens (tertiary/aromatic N) is 2. The zero-order chi connectivity index (χ0) is 59.8. The van der Waals surface area contributed by atoms with E-state index in [4.69, 9.17) is 23.7 Å². The van der Waals surface area contributed by atoms with Gasteiger partial charge in [-0.25, -0.2) is 42.1 Å². The quantitative estimate of drug-likeness (QED) is 0.0305. The minimum absolute atomic E-state index is 0.00960. The number of hydrogen-bond acceptors (Lipinski definition) is 22. The highest BCUT2D eigenvalue weighted by molar-refractivity contribution is 7.87. The van der Waals surface area contributed by atoms with Crippen molar-refractivity contribution in [2.45, 2.75) is 89.2 Å². The maximum absolute atomic E-state index is 12.7. The van der Waals surface area contributed by atoms with Crippen molar-refractivity contribution in [3.05, 3.63) is 95.7 Å². The van der Waals surface area contributed by atoms with Gasteiger partial charge in [0.25, 0.3) is 0 Å². The van der Waals surface area contributed by atoms with Crippen LogP contribution >= 0.6 is 0 Å². The van der Waals surface area contributed by atoms with Gasteiger partial charge < -0.3 is 56.5 Å². The largest absolute Gasteiger partial charge is 0.748 e. The molecule has 4 aromatic rings. The Morgan fingerprint density at radius 2 is 1.14 bits per heavy atom. The standard InChI is InChI=1S/C52H66N2O22S5/c1-51(19-11-31-77(57,58)59)46(53(21-10-6-9-14-48(55)56)42-17-15-38-40(49(42)51)32-36(78(60,61)62)34-44(38)80(66,67)68)12-7-5-8-13-47-52(2,20-23-74-27-28-76-30-29-75-26-25-73-4)50-41-33-37(79(63,64)65)35-45(81(69,70)71)39(41)16-18-43(50)54(47)22-24-72-3/h5,7-8,12-13,15-18,32-35H,6,9-11,14,19-31H2,1-4H3,(H5-,55,56,57,58,59,60,61,62,63,64,65,66,67,68,69,70,71)/p-4. The van der Waals surface area contributed by atoms with Crippen LogP contribution in [0.15, 0.2) is 104 Å². The van der Waals surface area contributed by atoms with E-state index in [1.165, 1.54) is 25.3 Å². The van der Waals surface area contributed by atoms with Gasteiger partial charge in [-0.15, -0.1) is 0 Å². The summed E-state index contributed by atoms with van der Waals surface area (Å²) in [7, 11) is -23.3. The lowest BCUT2D eigenvalue weighted by Crippen LogP contribution is -2.32. The minimum atomic E-state index is -5.44. The SMILES string of the molecule is COCCOCCOCCOCCC1(C)\C(=C/C=C/C=C/C2=[N+](CCCCCC(=O)O)c3ccc4c(S(=O)(=O)[O-])cc(S(=O)(=O)[O-])cc4c3C2(C)CCCS(=O)(=O)[O-])N(CCOC)c2ccc3c(S(=O)(=O)[O-])cc(S(=O)(=O)[O-])cc3c21. The molecule has 2 atom stereocenters. The van der Waals surface area contributed by atoms with Gasteiger partial charge in [-0.2, -0.15) is 4.58 Å². The second-order valence-corrected chi connectivity index (χ2v) is 26.5. The van der Waals surface area contributed by atoms with Gasteiger partial charge in [0.1, 0.15) is 47.0 Å². The molecule has 0 fully saturated rings. The van der Waals surface area contributed by atoms with Gasteiger partial charge in [-0.3, -0.25) is 4.79 Å². The molecule has 0 saturated carbocycles. The van der Waals surface area contributed by atoms with Crippen molar-refractivity contribution in [3.63, 3.8) is 0 Å². The van der Waals surface area contributed by atoms with Crippen molar-refractivity contribution in [2.24, 2.45) is 0 Å². The second-order valence-electron chi connectivity index (χ2n) is 19.6. The van der Waals surface area contributed by atoms with Gasteiger partial charge in [0, 0.05) is 85.9 Å². The van der Waals surface area contributed by atoms with Crippen molar-refractivity contribution >= 4 is 95.2 Å². The predicted molar refractivity (Wildman–Crippen MR) is 289 cm³/mol. The van der Waals surface area contributed by atoms with Crippen LogP contribution in [0.1, 0.15) is 69.9 Å². The Labute approximate surface area is 471 Å². The van der Waals surface area contributed by atoms with Crippen LogP contribution in [0.4, 0.5) is 11.4 Å². The monoisotopic (exact) mass is 1230 g/mol.